The summed E-state index contributed by atoms with van der Waals surface area (Å²) in [6.45, 7) is 16.6. The van der Waals surface area contributed by atoms with Crippen molar-refractivity contribution in [3.63, 3.8) is 0 Å². The van der Waals surface area contributed by atoms with E-state index in [1.807, 2.05) is 7.11 Å². The van der Waals surface area contributed by atoms with Gasteiger partial charge in [-0.3, -0.25) is 0 Å². The lowest BCUT2D eigenvalue weighted by molar-refractivity contribution is -0.0215. The van der Waals surface area contributed by atoms with E-state index in [1.54, 1.807) is 0 Å². The fourth-order valence-corrected chi connectivity index (χ4v) is 2.39. The molecule has 0 aromatic heterocycles. The van der Waals surface area contributed by atoms with Gasteiger partial charge in [-0.05, 0) is 24.3 Å². The third kappa shape index (κ3) is 4.42. The maximum atomic E-state index is 5.49. The van der Waals surface area contributed by atoms with Crippen molar-refractivity contribution in [1.29, 1.82) is 0 Å². The van der Waals surface area contributed by atoms with Gasteiger partial charge in [-0.25, -0.2) is 0 Å². The van der Waals surface area contributed by atoms with Gasteiger partial charge in [0.15, 0.2) is 0 Å². The molecular weight excluding hydrogens is 198 g/mol. The molecule has 98 valence electrons. The predicted molar refractivity (Wildman–Crippen MR) is 71.8 cm³/mol. The summed E-state index contributed by atoms with van der Waals surface area (Å²) < 4.78 is 5.49. The Labute approximate surface area is 102 Å². The van der Waals surface area contributed by atoms with E-state index < -0.39 is 0 Å². The Kier molecular flexibility index (Phi) is 6.57. The van der Waals surface area contributed by atoms with Crippen LogP contribution in [0.4, 0.5) is 0 Å². The van der Waals surface area contributed by atoms with E-state index >= 15 is 0 Å². The molecule has 16 heavy (non-hydrogen) atoms. The number of nitrogens with one attached hydrogen (secondary N) is 1. The van der Waals surface area contributed by atoms with Gasteiger partial charge in [0.25, 0.3) is 0 Å². The zero-order chi connectivity index (χ0) is 12.8. The average Bonchev–Trinajstić information content (AvgIpc) is 2.11. The number of hydrogen-bond donors (Lipinski definition) is 1. The molecule has 0 saturated heterocycles. The predicted octanol–water partition coefficient (Wildman–Crippen LogP) is 3.32. The molecule has 0 aliphatic carbocycles. The number of hydrogen-bond acceptors (Lipinski definition) is 2. The van der Waals surface area contributed by atoms with Crippen LogP contribution in [0.3, 0.4) is 0 Å². The highest BCUT2D eigenvalue weighted by molar-refractivity contribution is 4.92. The second-order valence-electron chi connectivity index (χ2n) is 6.34. The van der Waals surface area contributed by atoms with Gasteiger partial charge in [-0.15, -0.1) is 0 Å². The summed E-state index contributed by atoms with van der Waals surface area (Å²) in [6, 6.07) is 0. The first-order valence-corrected chi connectivity index (χ1v) is 6.48. The molecule has 1 unspecified atom stereocenters. The third-order valence-electron chi connectivity index (χ3n) is 3.52. The molecule has 0 fully saturated rings. The Morgan fingerprint density at radius 1 is 1.19 bits per heavy atom. The molecule has 0 spiro atoms. The molecular formula is C14H31NO. The van der Waals surface area contributed by atoms with Gasteiger partial charge in [0.1, 0.15) is 0 Å². The Morgan fingerprint density at radius 2 is 1.75 bits per heavy atom. The molecule has 0 radical (unpaired) electrons. The van der Waals surface area contributed by atoms with Crippen LogP contribution in [0.1, 0.15) is 48.0 Å². The fourth-order valence-electron chi connectivity index (χ4n) is 2.39. The quantitative estimate of drug-likeness (QED) is 0.723. The fraction of sp³-hybridized carbons (Fsp3) is 1.00. The largest absolute Gasteiger partial charge is 0.384 e. The molecule has 0 aliphatic heterocycles. The molecule has 1 N–H and O–H groups in total. The molecule has 0 aromatic rings. The smallest absolute Gasteiger partial charge is 0.0535 e. The zero-order valence-corrected chi connectivity index (χ0v) is 12.3. The first-order chi connectivity index (χ1) is 7.29. The van der Waals surface area contributed by atoms with Gasteiger partial charge in [0.05, 0.1) is 6.61 Å². The van der Waals surface area contributed by atoms with Crippen molar-refractivity contribution < 1.29 is 4.74 Å². The van der Waals surface area contributed by atoms with Gasteiger partial charge >= 0.3 is 0 Å². The molecule has 0 bridgehead atoms. The Hall–Kier alpha value is -0.0800. The molecule has 1 atom stereocenters. The molecule has 0 heterocycles. The highest BCUT2D eigenvalue weighted by Crippen LogP contribution is 2.43. The maximum absolute atomic E-state index is 5.49. The van der Waals surface area contributed by atoms with Crippen molar-refractivity contribution in [1.82, 2.24) is 5.32 Å². The molecule has 2 nitrogen and oxygen atoms in total. The first kappa shape index (κ1) is 15.9. The number of methoxy groups -OCH3 is 1. The Bertz CT molecular complexity index is 184. The van der Waals surface area contributed by atoms with E-state index in [9.17, 15) is 0 Å². The maximum Gasteiger partial charge on any atom is 0.0535 e. The highest BCUT2D eigenvalue weighted by atomic mass is 16.5. The molecule has 0 rings (SSSR count). The van der Waals surface area contributed by atoms with E-state index in [1.165, 1.54) is 6.42 Å². The van der Waals surface area contributed by atoms with Crippen LogP contribution in [0.2, 0.25) is 0 Å². The van der Waals surface area contributed by atoms with Crippen molar-refractivity contribution in [3.05, 3.63) is 0 Å². The topological polar surface area (TPSA) is 21.3 Å². The summed E-state index contributed by atoms with van der Waals surface area (Å²) >= 11 is 0. The molecule has 0 amide bonds. The summed E-state index contributed by atoms with van der Waals surface area (Å²) in [5.74, 6) is 0.702. The van der Waals surface area contributed by atoms with E-state index in [4.69, 9.17) is 4.74 Å². The summed E-state index contributed by atoms with van der Waals surface area (Å²) in [4.78, 5) is 0. The zero-order valence-electron chi connectivity index (χ0n) is 12.3. The van der Waals surface area contributed by atoms with Crippen LogP contribution < -0.4 is 5.32 Å². The lowest BCUT2D eigenvalue weighted by Gasteiger charge is -2.46. The van der Waals surface area contributed by atoms with Gasteiger partial charge in [0.2, 0.25) is 0 Å². The van der Waals surface area contributed by atoms with E-state index in [2.05, 4.69) is 46.9 Å². The van der Waals surface area contributed by atoms with Crippen molar-refractivity contribution in [2.75, 3.05) is 26.8 Å². The van der Waals surface area contributed by atoms with Crippen LogP contribution in [0.15, 0.2) is 0 Å². The second-order valence-corrected chi connectivity index (χ2v) is 6.34. The summed E-state index contributed by atoms with van der Waals surface area (Å²) in [7, 11) is 1.81. The lowest BCUT2D eigenvalue weighted by Crippen LogP contribution is -2.48. The summed E-state index contributed by atoms with van der Waals surface area (Å²) in [6.07, 6.45) is 1.21. The highest BCUT2D eigenvalue weighted by Gasteiger charge is 2.41. The summed E-state index contributed by atoms with van der Waals surface area (Å²) in [5.41, 5.74) is 0.487. The monoisotopic (exact) mass is 229 g/mol. The van der Waals surface area contributed by atoms with Crippen molar-refractivity contribution in [3.8, 4) is 0 Å². The van der Waals surface area contributed by atoms with Crippen LogP contribution >= 0.6 is 0 Å². The molecule has 0 aromatic carbocycles. The van der Waals surface area contributed by atoms with Gasteiger partial charge in [0, 0.05) is 19.1 Å². The summed E-state index contributed by atoms with van der Waals surface area (Å²) in [5, 5.41) is 3.51. The van der Waals surface area contributed by atoms with Gasteiger partial charge in [-0.2, -0.15) is 0 Å². The SMILES string of the molecule is CCNCC(COC)(CC(C)C)C(C)(C)C. The molecule has 0 saturated carbocycles. The van der Waals surface area contributed by atoms with Crippen LogP contribution in [0, 0.1) is 16.7 Å². The minimum atomic E-state index is 0.228. The van der Waals surface area contributed by atoms with Crippen LogP contribution in [-0.2, 0) is 4.74 Å². The molecule has 2 heteroatoms. The first-order valence-electron chi connectivity index (χ1n) is 6.48. The lowest BCUT2D eigenvalue weighted by atomic mass is 9.63. The Balaban J connectivity index is 4.89. The number of ether oxygens (including phenoxy) is 1. The second kappa shape index (κ2) is 6.61. The van der Waals surface area contributed by atoms with E-state index in [-0.39, 0.29) is 10.8 Å². The minimum absolute atomic E-state index is 0.228. The molecule has 0 aliphatic rings. The van der Waals surface area contributed by atoms with Crippen LogP contribution in [-0.4, -0.2) is 26.8 Å². The van der Waals surface area contributed by atoms with Crippen molar-refractivity contribution in [2.24, 2.45) is 16.7 Å². The van der Waals surface area contributed by atoms with Crippen LogP contribution in [0.25, 0.3) is 0 Å². The van der Waals surface area contributed by atoms with Gasteiger partial charge < -0.3 is 10.1 Å². The van der Waals surface area contributed by atoms with E-state index in [0.717, 1.165) is 19.7 Å². The normalized spacial score (nSPS) is 16.5. The van der Waals surface area contributed by atoms with Crippen molar-refractivity contribution >= 4 is 0 Å². The number of rotatable bonds is 7. The average molecular weight is 229 g/mol. The third-order valence-corrected chi connectivity index (χ3v) is 3.52. The standard InChI is InChI=1S/C14H31NO/c1-8-15-10-14(11-16-7,9-12(2)3)13(4,5)6/h12,15H,8-11H2,1-7H3. The Morgan fingerprint density at radius 3 is 2.06 bits per heavy atom. The van der Waals surface area contributed by atoms with Gasteiger partial charge in [-0.1, -0.05) is 41.5 Å². The van der Waals surface area contributed by atoms with Crippen molar-refractivity contribution in [2.45, 2.75) is 48.0 Å². The van der Waals surface area contributed by atoms with E-state index in [0.29, 0.717) is 5.92 Å². The minimum Gasteiger partial charge on any atom is -0.384 e. The van der Waals surface area contributed by atoms with Crippen LogP contribution in [0.5, 0.6) is 0 Å².